The molecule has 19 heavy (non-hydrogen) atoms. The first-order valence-electron chi connectivity index (χ1n) is 6.64. The van der Waals surface area contributed by atoms with Crippen LogP contribution in [0, 0.1) is 23.2 Å². The van der Waals surface area contributed by atoms with Crippen molar-refractivity contribution < 1.29 is 4.79 Å². The third-order valence-electron chi connectivity index (χ3n) is 3.81. The van der Waals surface area contributed by atoms with E-state index in [1.807, 2.05) is 30.3 Å². The highest BCUT2D eigenvalue weighted by atomic mass is 16.1. The van der Waals surface area contributed by atoms with Gasteiger partial charge in [-0.25, -0.2) is 0 Å². The highest BCUT2D eigenvalue weighted by Gasteiger charge is 2.29. The van der Waals surface area contributed by atoms with Crippen LogP contribution in [0.15, 0.2) is 30.3 Å². The Morgan fingerprint density at radius 1 is 1.42 bits per heavy atom. The second kappa shape index (κ2) is 5.71. The van der Waals surface area contributed by atoms with Gasteiger partial charge in [0.2, 0.25) is 0 Å². The van der Waals surface area contributed by atoms with Gasteiger partial charge >= 0.3 is 0 Å². The summed E-state index contributed by atoms with van der Waals surface area (Å²) in [5, 5.41) is 8.84. The summed E-state index contributed by atoms with van der Waals surface area (Å²) in [6, 6.07) is 9.63. The monoisotopic (exact) mass is 254 g/mol. The van der Waals surface area contributed by atoms with E-state index < -0.39 is 0 Å². The van der Waals surface area contributed by atoms with Gasteiger partial charge < -0.3 is 5.73 Å². The lowest BCUT2D eigenvalue weighted by Crippen LogP contribution is -2.23. The molecule has 0 spiro atoms. The highest BCUT2D eigenvalue weighted by molar-refractivity contribution is 6.22. The number of allylic oxidation sites excluding steroid dienone is 2. The second-order valence-electron chi connectivity index (χ2n) is 4.99. The van der Waals surface area contributed by atoms with Crippen LogP contribution in [0.1, 0.15) is 31.7 Å². The summed E-state index contributed by atoms with van der Waals surface area (Å²) in [7, 11) is 0. The maximum atomic E-state index is 12.3. The fourth-order valence-electron chi connectivity index (χ4n) is 2.72. The van der Waals surface area contributed by atoms with Crippen molar-refractivity contribution in [3.63, 3.8) is 0 Å². The van der Waals surface area contributed by atoms with Gasteiger partial charge in [0.1, 0.15) is 0 Å². The van der Waals surface area contributed by atoms with Crippen LogP contribution in [0.3, 0.4) is 0 Å². The number of nitriles is 1. The van der Waals surface area contributed by atoms with E-state index in [9.17, 15) is 4.79 Å². The standard InChI is InChI=1S/C16H18N2O/c1-2-11-9-14(13-5-3-4-6-15(13)18)16(19)10-12(11)7-8-17/h3-6,9,11-12H,2,7,10,18H2,1H3/t11-,12-/m1/s1. The molecule has 0 heterocycles. The van der Waals surface area contributed by atoms with Crippen molar-refractivity contribution >= 4 is 17.0 Å². The number of ketones is 1. The third-order valence-corrected chi connectivity index (χ3v) is 3.81. The van der Waals surface area contributed by atoms with Crippen molar-refractivity contribution in [1.29, 1.82) is 5.26 Å². The molecule has 3 nitrogen and oxygen atoms in total. The van der Waals surface area contributed by atoms with Crippen molar-refractivity contribution in [3.8, 4) is 6.07 Å². The summed E-state index contributed by atoms with van der Waals surface area (Å²) in [5.41, 5.74) is 8.13. The lowest BCUT2D eigenvalue weighted by Gasteiger charge is -2.27. The normalized spacial score (nSPS) is 22.7. The van der Waals surface area contributed by atoms with Gasteiger partial charge in [-0.15, -0.1) is 0 Å². The summed E-state index contributed by atoms with van der Waals surface area (Å²) in [6.07, 6.45) is 3.85. The summed E-state index contributed by atoms with van der Waals surface area (Å²) in [4.78, 5) is 12.3. The van der Waals surface area contributed by atoms with Crippen LogP contribution >= 0.6 is 0 Å². The predicted molar refractivity (Wildman–Crippen MR) is 76.0 cm³/mol. The third kappa shape index (κ3) is 2.68. The maximum Gasteiger partial charge on any atom is 0.163 e. The fourth-order valence-corrected chi connectivity index (χ4v) is 2.72. The zero-order chi connectivity index (χ0) is 13.8. The van der Waals surface area contributed by atoms with E-state index in [1.165, 1.54) is 0 Å². The Morgan fingerprint density at radius 3 is 2.79 bits per heavy atom. The molecule has 98 valence electrons. The summed E-state index contributed by atoms with van der Waals surface area (Å²) >= 11 is 0. The molecule has 0 aromatic heterocycles. The molecule has 2 atom stereocenters. The van der Waals surface area contributed by atoms with Gasteiger partial charge in [0.05, 0.1) is 6.07 Å². The number of Topliss-reactive ketones (excluding diaryl/α,β-unsaturated/α-hetero) is 1. The van der Waals surface area contributed by atoms with E-state index in [1.54, 1.807) is 0 Å². The predicted octanol–water partition coefficient (Wildman–Crippen LogP) is 3.18. The van der Waals surface area contributed by atoms with Gasteiger partial charge in [-0.2, -0.15) is 5.26 Å². The van der Waals surface area contributed by atoms with Gasteiger partial charge in [0, 0.05) is 29.7 Å². The quantitative estimate of drug-likeness (QED) is 0.842. The molecule has 2 N–H and O–H groups in total. The lowest BCUT2D eigenvalue weighted by molar-refractivity contribution is -0.115. The number of carbonyl (C=O) groups excluding carboxylic acids is 1. The van der Waals surface area contributed by atoms with Crippen LogP contribution in [-0.4, -0.2) is 5.78 Å². The first-order valence-corrected chi connectivity index (χ1v) is 6.64. The Kier molecular flexibility index (Phi) is 4.01. The number of benzene rings is 1. The second-order valence-corrected chi connectivity index (χ2v) is 4.99. The Labute approximate surface area is 113 Å². The van der Waals surface area contributed by atoms with Crippen LogP contribution in [0.25, 0.3) is 5.57 Å². The minimum Gasteiger partial charge on any atom is -0.398 e. The molecule has 0 fully saturated rings. The Balaban J connectivity index is 2.39. The molecule has 0 saturated carbocycles. The van der Waals surface area contributed by atoms with Crippen molar-refractivity contribution in [2.24, 2.45) is 11.8 Å². The molecular formula is C16H18N2O. The molecule has 1 aliphatic carbocycles. The molecule has 0 unspecified atom stereocenters. The van der Waals surface area contributed by atoms with E-state index in [0.717, 1.165) is 17.6 Å². The Bertz CT molecular complexity index is 554. The van der Waals surface area contributed by atoms with Crippen molar-refractivity contribution in [1.82, 2.24) is 0 Å². The first-order chi connectivity index (χ1) is 9.17. The fraction of sp³-hybridized carbons (Fsp3) is 0.375. The molecule has 1 aromatic rings. The SMILES string of the molecule is CC[C@@H]1C=C(c2ccccc2N)C(=O)C[C@H]1CC#N. The van der Waals surface area contributed by atoms with Crippen LogP contribution in [-0.2, 0) is 4.79 Å². The van der Waals surface area contributed by atoms with E-state index in [0.29, 0.717) is 18.5 Å². The van der Waals surface area contributed by atoms with E-state index in [2.05, 4.69) is 13.0 Å². The van der Waals surface area contributed by atoms with Gasteiger partial charge in [0.25, 0.3) is 0 Å². The number of anilines is 1. The Hall–Kier alpha value is -2.08. The van der Waals surface area contributed by atoms with Crippen LogP contribution < -0.4 is 5.73 Å². The molecule has 1 aliphatic rings. The average Bonchev–Trinajstić information content (AvgIpc) is 2.40. The van der Waals surface area contributed by atoms with E-state index >= 15 is 0 Å². The summed E-state index contributed by atoms with van der Waals surface area (Å²) in [5.74, 6) is 0.533. The molecule has 2 rings (SSSR count). The number of carbonyl (C=O) groups is 1. The first kappa shape index (κ1) is 13.4. The molecule has 0 amide bonds. The zero-order valence-corrected chi connectivity index (χ0v) is 11.1. The average molecular weight is 254 g/mol. The molecule has 0 bridgehead atoms. The van der Waals surface area contributed by atoms with Gasteiger partial charge in [-0.05, 0) is 24.3 Å². The van der Waals surface area contributed by atoms with Gasteiger partial charge in [-0.3, -0.25) is 4.79 Å². The van der Waals surface area contributed by atoms with E-state index in [4.69, 9.17) is 11.0 Å². The summed E-state index contributed by atoms with van der Waals surface area (Å²) in [6.45, 7) is 2.09. The largest absolute Gasteiger partial charge is 0.398 e. The van der Waals surface area contributed by atoms with E-state index in [-0.39, 0.29) is 17.6 Å². The summed E-state index contributed by atoms with van der Waals surface area (Å²) < 4.78 is 0. The van der Waals surface area contributed by atoms with Gasteiger partial charge in [-0.1, -0.05) is 31.2 Å². The number of rotatable bonds is 3. The number of para-hydroxylation sites is 1. The van der Waals surface area contributed by atoms with Crippen LogP contribution in [0.2, 0.25) is 0 Å². The molecule has 3 heteroatoms. The topological polar surface area (TPSA) is 66.9 Å². The van der Waals surface area contributed by atoms with Crippen molar-refractivity contribution in [2.45, 2.75) is 26.2 Å². The van der Waals surface area contributed by atoms with Crippen LogP contribution in [0.4, 0.5) is 5.69 Å². The minimum absolute atomic E-state index is 0.0999. The smallest absolute Gasteiger partial charge is 0.163 e. The number of hydrogen-bond donors (Lipinski definition) is 1. The Morgan fingerprint density at radius 2 is 2.16 bits per heavy atom. The molecule has 1 aromatic carbocycles. The zero-order valence-electron chi connectivity index (χ0n) is 11.1. The number of nitrogens with zero attached hydrogens (tertiary/aromatic N) is 1. The number of nitrogen functional groups attached to an aromatic ring is 1. The molecule has 0 saturated heterocycles. The molecule has 0 aliphatic heterocycles. The number of hydrogen-bond acceptors (Lipinski definition) is 3. The van der Waals surface area contributed by atoms with Crippen LogP contribution in [0.5, 0.6) is 0 Å². The maximum absolute atomic E-state index is 12.3. The lowest BCUT2D eigenvalue weighted by atomic mass is 9.75. The van der Waals surface area contributed by atoms with Crippen molar-refractivity contribution in [3.05, 3.63) is 35.9 Å². The molecular weight excluding hydrogens is 236 g/mol. The van der Waals surface area contributed by atoms with Crippen molar-refractivity contribution in [2.75, 3.05) is 5.73 Å². The van der Waals surface area contributed by atoms with Gasteiger partial charge in [0.15, 0.2) is 5.78 Å². The number of nitrogens with two attached hydrogens (primary N) is 1. The highest BCUT2D eigenvalue weighted by Crippen LogP contribution is 2.36. The molecule has 0 radical (unpaired) electrons. The minimum atomic E-state index is 0.0999.